The molecule has 0 fully saturated rings. The number of rotatable bonds is 3. The molecule has 1 amide bonds. The molecule has 21 heavy (non-hydrogen) atoms. The third kappa shape index (κ3) is 2.45. The van der Waals surface area contributed by atoms with E-state index in [0.717, 1.165) is 22.4 Å². The molecule has 0 bridgehead atoms. The standard InChI is InChI=1S/C16H16N4O/c1-20(2)16(21)14-8-12(9-17-14)13-10-18-19-15(13)11-6-4-3-5-7-11/h3-10,17H,1-2H3,(H,18,19). The molecule has 0 saturated heterocycles. The summed E-state index contributed by atoms with van der Waals surface area (Å²) in [4.78, 5) is 16.5. The van der Waals surface area contributed by atoms with Crippen molar-refractivity contribution in [3.05, 3.63) is 54.5 Å². The van der Waals surface area contributed by atoms with Gasteiger partial charge in [-0.05, 0) is 6.07 Å². The molecule has 0 unspecified atom stereocenters. The third-order valence-corrected chi connectivity index (χ3v) is 3.33. The molecule has 0 saturated carbocycles. The molecule has 2 N–H and O–H groups in total. The Kier molecular flexibility index (Phi) is 3.31. The summed E-state index contributed by atoms with van der Waals surface area (Å²) in [5, 5.41) is 7.15. The molecule has 0 aliphatic carbocycles. The quantitative estimate of drug-likeness (QED) is 0.774. The maximum absolute atomic E-state index is 12.0. The van der Waals surface area contributed by atoms with Crippen LogP contribution < -0.4 is 0 Å². The molecule has 0 radical (unpaired) electrons. The van der Waals surface area contributed by atoms with Crippen LogP contribution in [0, 0.1) is 0 Å². The fourth-order valence-electron chi connectivity index (χ4n) is 2.24. The lowest BCUT2D eigenvalue weighted by atomic mass is 10.0. The number of hydrogen-bond donors (Lipinski definition) is 2. The molecule has 0 aliphatic rings. The van der Waals surface area contributed by atoms with Crippen molar-refractivity contribution in [1.29, 1.82) is 0 Å². The van der Waals surface area contributed by atoms with Crippen LogP contribution in [0.3, 0.4) is 0 Å². The second-order valence-corrected chi connectivity index (χ2v) is 5.03. The Bertz CT molecular complexity index is 755. The maximum atomic E-state index is 12.0. The van der Waals surface area contributed by atoms with Crippen molar-refractivity contribution in [2.24, 2.45) is 0 Å². The van der Waals surface area contributed by atoms with Gasteiger partial charge in [-0.15, -0.1) is 0 Å². The van der Waals surface area contributed by atoms with Crippen molar-refractivity contribution in [2.45, 2.75) is 0 Å². The van der Waals surface area contributed by atoms with Gasteiger partial charge in [-0.2, -0.15) is 5.10 Å². The lowest BCUT2D eigenvalue weighted by Crippen LogP contribution is -2.21. The van der Waals surface area contributed by atoms with Gasteiger partial charge in [-0.25, -0.2) is 0 Å². The Morgan fingerprint density at radius 1 is 1.14 bits per heavy atom. The molecular formula is C16H16N4O. The average Bonchev–Trinajstić information content (AvgIpc) is 3.16. The highest BCUT2D eigenvalue weighted by Crippen LogP contribution is 2.30. The van der Waals surface area contributed by atoms with Crippen LogP contribution in [0.4, 0.5) is 0 Å². The summed E-state index contributed by atoms with van der Waals surface area (Å²) in [6.45, 7) is 0. The van der Waals surface area contributed by atoms with Crippen LogP contribution in [0.15, 0.2) is 48.8 Å². The van der Waals surface area contributed by atoms with Gasteiger partial charge in [-0.3, -0.25) is 9.89 Å². The highest BCUT2D eigenvalue weighted by molar-refractivity contribution is 5.94. The van der Waals surface area contributed by atoms with E-state index in [1.165, 1.54) is 0 Å². The number of carbonyl (C=O) groups is 1. The van der Waals surface area contributed by atoms with Crippen LogP contribution in [0.2, 0.25) is 0 Å². The van der Waals surface area contributed by atoms with E-state index in [1.807, 2.05) is 42.6 Å². The van der Waals surface area contributed by atoms with E-state index in [4.69, 9.17) is 0 Å². The summed E-state index contributed by atoms with van der Waals surface area (Å²) < 4.78 is 0. The first kappa shape index (κ1) is 13.2. The molecule has 5 heteroatoms. The summed E-state index contributed by atoms with van der Waals surface area (Å²) in [6.07, 6.45) is 3.60. The third-order valence-electron chi connectivity index (χ3n) is 3.33. The van der Waals surface area contributed by atoms with Crippen LogP contribution >= 0.6 is 0 Å². The lowest BCUT2D eigenvalue weighted by Gasteiger charge is -2.07. The number of benzene rings is 1. The van der Waals surface area contributed by atoms with Crippen molar-refractivity contribution >= 4 is 5.91 Å². The second-order valence-electron chi connectivity index (χ2n) is 5.03. The van der Waals surface area contributed by atoms with Crippen molar-refractivity contribution in [2.75, 3.05) is 14.1 Å². The van der Waals surface area contributed by atoms with Crippen molar-refractivity contribution in [1.82, 2.24) is 20.1 Å². The molecule has 0 aliphatic heterocycles. The Morgan fingerprint density at radius 2 is 1.90 bits per heavy atom. The van der Waals surface area contributed by atoms with Crippen molar-refractivity contribution in [3.63, 3.8) is 0 Å². The van der Waals surface area contributed by atoms with E-state index < -0.39 is 0 Å². The minimum absolute atomic E-state index is 0.0500. The summed E-state index contributed by atoms with van der Waals surface area (Å²) >= 11 is 0. The molecule has 1 aromatic carbocycles. The monoisotopic (exact) mass is 280 g/mol. The Balaban J connectivity index is 2.00. The van der Waals surface area contributed by atoms with E-state index in [2.05, 4.69) is 15.2 Å². The van der Waals surface area contributed by atoms with Gasteiger partial charge >= 0.3 is 0 Å². The molecule has 3 rings (SSSR count). The number of hydrogen-bond acceptors (Lipinski definition) is 2. The molecule has 0 atom stereocenters. The topological polar surface area (TPSA) is 64.8 Å². The maximum Gasteiger partial charge on any atom is 0.269 e. The number of aromatic nitrogens is 3. The van der Waals surface area contributed by atoms with E-state index in [0.29, 0.717) is 5.69 Å². The van der Waals surface area contributed by atoms with E-state index in [-0.39, 0.29) is 5.91 Å². The van der Waals surface area contributed by atoms with Gasteiger partial charge in [0.15, 0.2) is 0 Å². The summed E-state index contributed by atoms with van der Waals surface area (Å²) in [6, 6.07) is 11.8. The number of carbonyl (C=O) groups excluding carboxylic acids is 1. The number of amides is 1. The van der Waals surface area contributed by atoms with Crippen LogP contribution in [0.25, 0.3) is 22.4 Å². The predicted molar refractivity (Wildman–Crippen MR) is 81.8 cm³/mol. The minimum atomic E-state index is -0.0500. The van der Waals surface area contributed by atoms with Gasteiger partial charge in [0.25, 0.3) is 5.91 Å². The zero-order valence-corrected chi connectivity index (χ0v) is 11.9. The SMILES string of the molecule is CN(C)C(=O)c1cc(-c2cn[nH]c2-c2ccccc2)c[nH]1. The van der Waals surface area contributed by atoms with Crippen LogP contribution in [-0.4, -0.2) is 40.1 Å². The van der Waals surface area contributed by atoms with Crippen LogP contribution in [0.1, 0.15) is 10.5 Å². The van der Waals surface area contributed by atoms with E-state index in [9.17, 15) is 4.79 Å². The Labute approximate surface area is 122 Å². The van der Waals surface area contributed by atoms with Gasteiger partial charge in [0, 0.05) is 37.0 Å². The van der Waals surface area contributed by atoms with Gasteiger partial charge in [0.2, 0.25) is 0 Å². The smallest absolute Gasteiger partial charge is 0.269 e. The molecule has 3 aromatic rings. The lowest BCUT2D eigenvalue weighted by molar-refractivity contribution is 0.0822. The number of nitrogens with zero attached hydrogens (tertiary/aromatic N) is 2. The molecule has 0 spiro atoms. The van der Waals surface area contributed by atoms with E-state index >= 15 is 0 Å². The Morgan fingerprint density at radius 3 is 2.62 bits per heavy atom. The first-order chi connectivity index (χ1) is 10.2. The van der Waals surface area contributed by atoms with Gasteiger partial charge < -0.3 is 9.88 Å². The average molecular weight is 280 g/mol. The fourth-order valence-corrected chi connectivity index (χ4v) is 2.24. The second kappa shape index (κ2) is 5.28. The van der Waals surface area contributed by atoms with Gasteiger partial charge in [-0.1, -0.05) is 30.3 Å². The van der Waals surface area contributed by atoms with Crippen molar-refractivity contribution in [3.8, 4) is 22.4 Å². The summed E-state index contributed by atoms with van der Waals surface area (Å²) in [5.41, 5.74) is 4.48. The highest BCUT2D eigenvalue weighted by atomic mass is 16.2. The number of aromatic amines is 2. The van der Waals surface area contributed by atoms with E-state index in [1.54, 1.807) is 25.2 Å². The molecule has 106 valence electrons. The first-order valence-electron chi connectivity index (χ1n) is 6.66. The largest absolute Gasteiger partial charge is 0.357 e. The highest BCUT2D eigenvalue weighted by Gasteiger charge is 2.15. The zero-order chi connectivity index (χ0) is 14.8. The molecule has 2 aromatic heterocycles. The zero-order valence-electron chi connectivity index (χ0n) is 11.9. The number of nitrogens with one attached hydrogen (secondary N) is 2. The van der Waals surface area contributed by atoms with Crippen LogP contribution in [0.5, 0.6) is 0 Å². The van der Waals surface area contributed by atoms with Gasteiger partial charge in [0.1, 0.15) is 5.69 Å². The normalized spacial score (nSPS) is 10.6. The van der Waals surface area contributed by atoms with Crippen LogP contribution in [-0.2, 0) is 0 Å². The number of H-pyrrole nitrogens is 2. The fraction of sp³-hybridized carbons (Fsp3) is 0.125. The molecule has 5 nitrogen and oxygen atoms in total. The first-order valence-corrected chi connectivity index (χ1v) is 6.66. The Hall–Kier alpha value is -2.82. The summed E-state index contributed by atoms with van der Waals surface area (Å²) in [7, 11) is 3.46. The predicted octanol–water partition coefficient (Wildman–Crippen LogP) is 2.77. The van der Waals surface area contributed by atoms with Crippen molar-refractivity contribution < 1.29 is 4.79 Å². The minimum Gasteiger partial charge on any atom is -0.357 e. The summed E-state index contributed by atoms with van der Waals surface area (Å²) in [5.74, 6) is -0.0500. The van der Waals surface area contributed by atoms with Gasteiger partial charge in [0.05, 0.1) is 11.9 Å². The molecular weight excluding hydrogens is 264 g/mol. The molecule has 2 heterocycles.